The topological polar surface area (TPSA) is 110 Å². The molecule has 4 aromatic rings. The maximum absolute atomic E-state index is 13.5. The van der Waals surface area contributed by atoms with Crippen molar-refractivity contribution in [3.05, 3.63) is 112 Å². The van der Waals surface area contributed by atoms with Gasteiger partial charge in [0.1, 0.15) is 16.2 Å². The molecule has 14 heteroatoms. The van der Waals surface area contributed by atoms with Crippen molar-refractivity contribution < 1.29 is 27.4 Å². The Morgan fingerprint density at radius 2 is 1.49 bits per heavy atom. The first kappa shape index (κ1) is 38.4. The Morgan fingerprint density at radius 3 is 2.14 bits per heavy atom. The van der Waals surface area contributed by atoms with Crippen LogP contribution in [0.25, 0.3) is 5.69 Å². The van der Waals surface area contributed by atoms with E-state index >= 15 is 0 Å². The lowest BCUT2D eigenvalue weighted by molar-refractivity contribution is 0.159. The van der Waals surface area contributed by atoms with E-state index in [1.165, 1.54) is 18.2 Å². The van der Waals surface area contributed by atoms with Crippen molar-refractivity contribution in [1.82, 2.24) is 24.9 Å². The Balaban J connectivity index is 0.000000236. The van der Waals surface area contributed by atoms with Crippen molar-refractivity contribution in [3.8, 4) is 5.69 Å². The molecule has 274 valence electrons. The molecule has 10 nitrogen and oxygen atoms in total. The second-order valence-electron chi connectivity index (χ2n) is 12.8. The number of aromatic nitrogens is 2. The summed E-state index contributed by atoms with van der Waals surface area (Å²) >= 11 is 3.47. The van der Waals surface area contributed by atoms with Crippen LogP contribution in [0.4, 0.5) is 23.8 Å². The number of hydrogen-bond acceptors (Lipinski definition) is 7. The first-order chi connectivity index (χ1) is 24.6. The molecule has 0 radical (unpaired) electrons. The van der Waals surface area contributed by atoms with Gasteiger partial charge in [-0.05, 0) is 70.4 Å². The number of nitrogens with two attached hydrogens (primary N) is 1. The number of para-hydroxylation sites is 1. The van der Waals surface area contributed by atoms with E-state index in [1.807, 2.05) is 37.3 Å². The normalized spacial score (nSPS) is 20.6. The third kappa shape index (κ3) is 9.96. The van der Waals surface area contributed by atoms with Crippen molar-refractivity contribution in [1.29, 1.82) is 0 Å². The van der Waals surface area contributed by atoms with Crippen molar-refractivity contribution in [2.24, 2.45) is 5.73 Å². The highest BCUT2D eigenvalue weighted by atomic mass is 79.9. The minimum atomic E-state index is -0.818. The quantitative estimate of drug-likeness (QED) is 0.181. The lowest BCUT2D eigenvalue weighted by Gasteiger charge is -2.21. The van der Waals surface area contributed by atoms with Gasteiger partial charge in [0, 0.05) is 76.9 Å². The van der Waals surface area contributed by atoms with E-state index in [-0.39, 0.29) is 35.8 Å². The molecule has 2 fully saturated rings. The standard InChI is InChI=1S/C24H27BrFN5O2.C13H18F2N2O/c1-16-22(25)29-31(19-6-4-3-5-7-19)23(16)28-24(32)27-21-15-30(12-13-33-2)14-20(21)17-8-10-18(26)11-9-17;1-18-5-4-17-7-10(13(16)8-17)9-2-3-11(14)12(15)6-9/h3-11,20-21H,12-15H2,1-2H3,(H2,27,28,32);2-3,6,10,13H,4-5,7-8,16H2,1H3/t20-,21+;10-,13+/m00/s1. The maximum Gasteiger partial charge on any atom is 0.320 e. The zero-order valence-corrected chi connectivity index (χ0v) is 30.6. The molecule has 4 N–H and O–H groups in total. The Morgan fingerprint density at radius 1 is 0.863 bits per heavy atom. The number of carbonyl (C=O) groups is 1. The third-order valence-electron chi connectivity index (χ3n) is 9.34. The number of nitrogens with zero attached hydrogens (tertiary/aromatic N) is 4. The molecule has 0 saturated carbocycles. The van der Waals surface area contributed by atoms with Crippen LogP contribution >= 0.6 is 15.9 Å². The van der Waals surface area contributed by atoms with E-state index in [0.717, 1.165) is 61.2 Å². The molecule has 3 heterocycles. The zero-order chi connectivity index (χ0) is 36.5. The lowest BCUT2D eigenvalue weighted by atomic mass is 9.94. The van der Waals surface area contributed by atoms with Crippen LogP contribution < -0.4 is 16.4 Å². The zero-order valence-electron chi connectivity index (χ0n) is 29.0. The molecular formula is C37H45BrF3N7O3. The molecule has 2 aliphatic heterocycles. The summed E-state index contributed by atoms with van der Waals surface area (Å²) in [5.41, 5.74) is 9.50. The average molecular weight is 773 g/mol. The van der Waals surface area contributed by atoms with Gasteiger partial charge in [-0.15, -0.1) is 0 Å². The van der Waals surface area contributed by atoms with E-state index in [2.05, 4.69) is 41.5 Å². The van der Waals surface area contributed by atoms with Gasteiger partial charge < -0.3 is 20.5 Å². The Hall–Kier alpha value is -3.79. The number of hydrogen-bond donors (Lipinski definition) is 3. The fraction of sp³-hybridized carbons (Fsp3) is 0.405. The highest BCUT2D eigenvalue weighted by Crippen LogP contribution is 2.30. The van der Waals surface area contributed by atoms with E-state index in [0.29, 0.717) is 30.2 Å². The number of likely N-dealkylation sites (tertiary alicyclic amines) is 2. The summed E-state index contributed by atoms with van der Waals surface area (Å²) in [7, 11) is 3.33. The van der Waals surface area contributed by atoms with Gasteiger partial charge in [0.05, 0.1) is 24.9 Å². The van der Waals surface area contributed by atoms with Crippen molar-refractivity contribution in [2.45, 2.75) is 30.8 Å². The summed E-state index contributed by atoms with van der Waals surface area (Å²) in [6.45, 7) is 7.69. The second kappa shape index (κ2) is 18.1. The van der Waals surface area contributed by atoms with Gasteiger partial charge in [0.2, 0.25) is 0 Å². The number of urea groups is 1. The Labute approximate surface area is 305 Å². The number of halogens is 4. The van der Waals surface area contributed by atoms with Crippen LogP contribution in [0.15, 0.2) is 77.4 Å². The van der Waals surface area contributed by atoms with Gasteiger partial charge in [-0.2, -0.15) is 5.10 Å². The molecule has 4 atom stereocenters. The molecule has 2 saturated heterocycles. The molecule has 0 aliphatic carbocycles. The minimum absolute atomic E-state index is 0.0417. The number of carbonyl (C=O) groups excluding carboxylic acids is 1. The highest BCUT2D eigenvalue weighted by molar-refractivity contribution is 9.10. The second-order valence-corrected chi connectivity index (χ2v) is 13.6. The van der Waals surface area contributed by atoms with E-state index in [4.69, 9.17) is 15.2 Å². The number of anilines is 1. The number of benzene rings is 3. The summed E-state index contributed by atoms with van der Waals surface area (Å²) in [4.78, 5) is 17.5. The van der Waals surface area contributed by atoms with Gasteiger partial charge in [-0.3, -0.25) is 15.1 Å². The molecule has 51 heavy (non-hydrogen) atoms. The predicted octanol–water partition coefficient (Wildman–Crippen LogP) is 5.66. The molecule has 6 rings (SSSR count). The van der Waals surface area contributed by atoms with Crippen LogP contribution in [0.2, 0.25) is 0 Å². The van der Waals surface area contributed by atoms with Crippen molar-refractivity contribution >= 4 is 27.8 Å². The summed E-state index contributed by atoms with van der Waals surface area (Å²) in [5.74, 6) is -1.21. The highest BCUT2D eigenvalue weighted by Gasteiger charge is 2.35. The molecular weight excluding hydrogens is 727 g/mol. The smallest absolute Gasteiger partial charge is 0.320 e. The van der Waals surface area contributed by atoms with Gasteiger partial charge in [0.15, 0.2) is 11.6 Å². The summed E-state index contributed by atoms with van der Waals surface area (Å²) in [6.07, 6.45) is 0. The van der Waals surface area contributed by atoms with E-state index < -0.39 is 11.6 Å². The van der Waals surface area contributed by atoms with Crippen LogP contribution in [0, 0.1) is 24.4 Å². The maximum atomic E-state index is 13.5. The van der Waals surface area contributed by atoms with Crippen molar-refractivity contribution in [2.75, 3.05) is 72.0 Å². The van der Waals surface area contributed by atoms with E-state index in [1.54, 1.807) is 37.1 Å². The minimum Gasteiger partial charge on any atom is -0.383 e. The fourth-order valence-corrected chi connectivity index (χ4v) is 6.92. The summed E-state index contributed by atoms with van der Waals surface area (Å²) in [6, 6.07) is 19.7. The first-order valence-electron chi connectivity index (χ1n) is 16.8. The molecule has 2 aliphatic rings. The largest absolute Gasteiger partial charge is 0.383 e. The fourth-order valence-electron chi connectivity index (χ4n) is 6.58. The molecule has 1 aromatic heterocycles. The average Bonchev–Trinajstić information content (AvgIpc) is 3.79. The van der Waals surface area contributed by atoms with Gasteiger partial charge in [-0.1, -0.05) is 36.4 Å². The summed E-state index contributed by atoms with van der Waals surface area (Å²) in [5, 5.41) is 10.6. The third-order valence-corrected chi connectivity index (χ3v) is 10.1. The van der Waals surface area contributed by atoms with Crippen LogP contribution in [0.3, 0.4) is 0 Å². The van der Waals surface area contributed by atoms with Gasteiger partial charge in [0.25, 0.3) is 0 Å². The number of amides is 2. The van der Waals surface area contributed by atoms with Crippen LogP contribution in [0.5, 0.6) is 0 Å². The Kier molecular flexibility index (Phi) is 13.7. The molecule has 2 amide bonds. The van der Waals surface area contributed by atoms with Gasteiger partial charge in [-0.25, -0.2) is 22.6 Å². The monoisotopic (exact) mass is 771 g/mol. The van der Waals surface area contributed by atoms with E-state index in [9.17, 15) is 18.0 Å². The lowest BCUT2D eigenvalue weighted by Crippen LogP contribution is -2.42. The van der Waals surface area contributed by atoms with Crippen LogP contribution in [-0.2, 0) is 9.47 Å². The molecule has 0 bridgehead atoms. The number of ether oxygens (including phenoxy) is 2. The number of rotatable bonds is 11. The molecule has 0 spiro atoms. The summed E-state index contributed by atoms with van der Waals surface area (Å²) < 4.78 is 52.2. The number of methoxy groups -OCH3 is 2. The predicted molar refractivity (Wildman–Crippen MR) is 195 cm³/mol. The van der Waals surface area contributed by atoms with Crippen LogP contribution in [-0.4, -0.2) is 104 Å². The Bertz CT molecular complexity index is 1730. The van der Waals surface area contributed by atoms with Crippen molar-refractivity contribution in [3.63, 3.8) is 0 Å². The molecule has 3 aromatic carbocycles. The number of nitrogens with one attached hydrogen (secondary N) is 2. The molecule has 0 unspecified atom stereocenters. The van der Waals surface area contributed by atoms with Crippen LogP contribution in [0.1, 0.15) is 28.5 Å². The first-order valence-corrected chi connectivity index (χ1v) is 17.6. The van der Waals surface area contributed by atoms with Gasteiger partial charge >= 0.3 is 6.03 Å². The SMILES string of the molecule is COCCN1C[C@@H](N)[C@H](c2ccc(F)c(F)c2)C1.COCCN1C[C@@H](NC(=O)Nc2c(C)c(Br)nn2-c2ccccc2)[C@H](c2ccc(F)cc2)C1.